The molecule has 0 radical (unpaired) electrons. The predicted octanol–water partition coefficient (Wildman–Crippen LogP) is 2.34. The Kier molecular flexibility index (Phi) is 3.40. The van der Waals surface area contributed by atoms with Gasteiger partial charge >= 0.3 is 6.03 Å². The molecule has 1 atom stereocenters. The largest absolute Gasteiger partial charge is 0.330 e. The first-order chi connectivity index (χ1) is 11.6. The summed E-state index contributed by atoms with van der Waals surface area (Å²) in [5, 5.41) is 2.88. The van der Waals surface area contributed by atoms with Crippen molar-refractivity contribution in [2.75, 3.05) is 13.1 Å². The summed E-state index contributed by atoms with van der Waals surface area (Å²) in [6, 6.07) is 5.39. The van der Waals surface area contributed by atoms with E-state index in [4.69, 9.17) is 0 Å². The standard InChI is InChI=1S/C18H18FN3O2/c1-2-9-21-14-10-22(13-7-8-13)17(23)15(14)16(20-18(21)24)11-3-5-12(19)6-4-11/h2-6,13,16H,1,7-10H2,(H,20,24). The second-order valence-corrected chi connectivity index (χ2v) is 6.36. The van der Waals surface area contributed by atoms with Crippen molar-refractivity contribution in [3.63, 3.8) is 0 Å². The Hall–Kier alpha value is -2.63. The topological polar surface area (TPSA) is 52.7 Å². The van der Waals surface area contributed by atoms with Gasteiger partial charge in [0.15, 0.2) is 0 Å². The van der Waals surface area contributed by atoms with Crippen LogP contribution in [-0.2, 0) is 4.79 Å². The number of hydrogen-bond acceptors (Lipinski definition) is 2. The van der Waals surface area contributed by atoms with Crippen LogP contribution in [0.25, 0.3) is 0 Å². The fraction of sp³-hybridized carbons (Fsp3) is 0.333. The van der Waals surface area contributed by atoms with Gasteiger partial charge in [-0.05, 0) is 30.5 Å². The number of rotatable bonds is 4. The van der Waals surface area contributed by atoms with Crippen molar-refractivity contribution < 1.29 is 14.0 Å². The van der Waals surface area contributed by atoms with Crippen LogP contribution in [0.4, 0.5) is 9.18 Å². The Labute approximate surface area is 139 Å². The molecule has 6 heteroatoms. The lowest BCUT2D eigenvalue weighted by Crippen LogP contribution is -2.47. The van der Waals surface area contributed by atoms with E-state index >= 15 is 0 Å². The SMILES string of the molecule is C=CCN1C(=O)NC(c2ccc(F)cc2)C2=C1CN(C1CC1)C2=O. The number of nitrogens with one attached hydrogen (secondary N) is 1. The summed E-state index contributed by atoms with van der Waals surface area (Å²) >= 11 is 0. The predicted molar refractivity (Wildman–Crippen MR) is 86.3 cm³/mol. The number of hydrogen-bond donors (Lipinski definition) is 1. The smallest absolute Gasteiger partial charge is 0.322 e. The minimum Gasteiger partial charge on any atom is -0.330 e. The summed E-state index contributed by atoms with van der Waals surface area (Å²) < 4.78 is 13.2. The van der Waals surface area contributed by atoms with E-state index < -0.39 is 6.04 Å². The van der Waals surface area contributed by atoms with E-state index in [0.717, 1.165) is 18.5 Å². The van der Waals surface area contributed by atoms with E-state index in [1.165, 1.54) is 12.1 Å². The molecule has 5 nitrogen and oxygen atoms in total. The highest BCUT2D eigenvalue weighted by Gasteiger charge is 2.47. The van der Waals surface area contributed by atoms with Crippen molar-refractivity contribution in [1.29, 1.82) is 0 Å². The average molecular weight is 327 g/mol. The van der Waals surface area contributed by atoms with Crippen LogP contribution in [0.5, 0.6) is 0 Å². The summed E-state index contributed by atoms with van der Waals surface area (Å²) in [5.74, 6) is -0.378. The molecule has 1 unspecified atom stereocenters. The fourth-order valence-corrected chi connectivity index (χ4v) is 3.42. The minimum absolute atomic E-state index is 0.0316. The quantitative estimate of drug-likeness (QED) is 0.863. The zero-order valence-corrected chi connectivity index (χ0v) is 13.2. The Morgan fingerprint density at radius 3 is 2.58 bits per heavy atom. The number of carbonyl (C=O) groups excluding carboxylic acids is 2. The highest BCUT2D eigenvalue weighted by molar-refractivity contribution is 6.01. The van der Waals surface area contributed by atoms with Crippen LogP contribution in [-0.4, -0.2) is 40.9 Å². The van der Waals surface area contributed by atoms with E-state index in [9.17, 15) is 14.0 Å². The van der Waals surface area contributed by atoms with Crippen LogP contribution in [0.1, 0.15) is 24.4 Å². The summed E-state index contributed by atoms with van der Waals surface area (Å²) in [5.41, 5.74) is 2.04. The molecule has 0 bridgehead atoms. The van der Waals surface area contributed by atoms with Gasteiger partial charge in [-0.1, -0.05) is 18.2 Å². The normalized spacial score (nSPS) is 23.5. The minimum atomic E-state index is -0.537. The van der Waals surface area contributed by atoms with Crippen molar-refractivity contribution in [3.05, 3.63) is 59.6 Å². The molecule has 0 saturated heterocycles. The number of halogens is 1. The molecule has 1 fully saturated rings. The summed E-state index contributed by atoms with van der Waals surface area (Å²) in [6.45, 7) is 4.50. The van der Waals surface area contributed by atoms with Gasteiger partial charge in [-0.15, -0.1) is 6.58 Å². The van der Waals surface area contributed by atoms with E-state index in [-0.39, 0.29) is 23.8 Å². The van der Waals surface area contributed by atoms with Gasteiger partial charge in [-0.3, -0.25) is 9.69 Å². The van der Waals surface area contributed by atoms with Crippen LogP contribution >= 0.6 is 0 Å². The molecule has 2 aliphatic heterocycles. The molecule has 0 aromatic heterocycles. The average Bonchev–Trinajstić information content (AvgIpc) is 3.35. The van der Waals surface area contributed by atoms with Gasteiger partial charge in [0.25, 0.3) is 5.91 Å². The first kappa shape index (κ1) is 14.9. The molecule has 4 rings (SSSR count). The number of carbonyl (C=O) groups is 2. The second-order valence-electron chi connectivity index (χ2n) is 6.36. The maximum atomic E-state index is 13.2. The van der Waals surface area contributed by atoms with E-state index in [1.54, 1.807) is 23.1 Å². The summed E-state index contributed by atoms with van der Waals surface area (Å²) in [6.07, 6.45) is 3.67. The van der Waals surface area contributed by atoms with Gasteiger partial charge in [0.2, 0.25) is 0 Å². The molecule has 1 saturated carbocycles. The van der Waals surface area contributed by atoms with E-state index in [1.807, 2.05) is 4.90 Å². The fourth-order valence-electron chi connectivity index (χ4n) is 3.42. The van der Waals surface area contributed by atoms with Gasteiger partial charge in [0.05, 0.1) is 23.9 Å². The molecule has 1 aromatic rings. The van der Waals surface area contributed by atoms with Gasteiger partial charge < -0.3 is 10.2 Å². The Morgan fingerprint density at radius 2 is 1.96 bits per heavy atom. The van der Waals surface area contributed by atoms with Gasteiger partial charge in [0, 0.05) is 12.6 Å². The van der Waals surface area contributed by atoms with Crippen molar-refractivity contribution >= 4 is 11.9 Å². The molecular formula is C18H18FN3O2. The van der Waals surface area contributed by atoms with Crippen LogP contribution in [0, 0.1) is 5.82 Å². The number of nitrogens with zero attached hydrogens (tertiary/aromatic N) is 2. The molecule has 1 N–H and O–H groups in total. The zero-order valence-electron chi connectivity index (χ0n) is 13.2. The first-order valence-corrected chi connectivity index (χ1v) is 8.08. The maximum Gasteiger partial charge on any atom is 0.322 e. The number of amides is 3. The van der Waals surface area contributed by atoms with Crippen molar-refractivity contribution in [2.45, 2.75) is 24.9 Å². The van der Waals surface area contributed by atoms with Gasteiger partial charge in [0.1, 0.15) is 5.82 Å². The summed E-state index contributed by atoms with van der Waals surface area (Å²) in [4.78, 5) is 28.8. The molecule has 3 aliphatic rings. The van der Waals surface area contributed by atoms with Crippen LogP contribution in [0.3, 0.4) is 0 Å². The number of urea groups is 1. The lowest BCUT2D eigenvalue weighted by molar-refractivity contribution is -0.126. The van der Waals surface area contributed by atoms with Crippen molar-refractivity contribution in [3.8, 4) is 0 Å². The maximum absolute atomic E-state index is 13.2. The molecule has 2 heterocycles. The third kappa shape index (κ3) is 2.29. The highest BCUT2D eigenvalue weighted by atomic mass is 19.1. The zero-order chi connectivity index (χ0) is 16.8. The van der Waals surface area contributed by atoms with Crippen molar-refractivity contribution in [1.82, 2.24) is 15.1 Å². The molecular weight excluding hydrogens is 309 g/mol. The third-order valence-electron chi connectivity index (χ3n) is 4.75. The number of benzene rings is 1. The van der Waals surface area contributed by atoms with Crippen molar-refractivity contribution in [2.24, 2.45) is 0 Å². The second kappa shape index (κ2) is 5.47. The first-order valence-electron chi connectivity index (χ1n) is 8.08. The Morgan fingerprint density at radius 1 is 1.25 bits per heavy atom. The Balaban J connectivity index is 1.77. The lowest BCUT2D eigenvalue weighted by Gasteiger charge is -2.33. The monoisotopic (exact) mass is 327 g/mol. The van der Waals surface area contributed by atoms with Gasteiger partial charge in [-0.25, -0.2) is 9.18 Å². The van der Waals surface area contributed by atoms with Gasteiger partial charge in [-0.2, -0.15) is 0 Å². The molecule has 3 amide bonds. The molecule has 24 heavy (non-hydrogen) atoms. The van der Waals surface area contributed by atoms with Crippen LogP contribution in [0.2, 0.25) is 0 Å². The van der Waals surface area contributed by atoms with Crippen LogP contribution in [0.15, 0.2) is 48.2 Å². The van der Waals surface area contributed by atoms with E-state index in [0.29, 0.717) is 24.2 Å². The Bertz CT molecular complexity index is 752. The molecule has 1 aromatic carbocycles. The van der Waals surface area contributed by atoms with Crippen LogP contribution < -0.4 is 5.32 Å². The molecule has 0 spiro atoms. The molecule has 124 valence electrons. The third-order valence-corrected chi connectivity index (χ3v) is 4.75. The summed E-state index contributed by atoms with van der Waals surface area (Å²) in [7, 11) is 0. The lowest BCUT2D eigenvalue weighted by atomic mass is 9.95. The highest BCUT2D eigenvalue weighted by Crippen LogP contribution is 2.40. The molecule has 1 aliphatic carbocycles. The van der Waals surface area contributed by atoms with E-state index in [2.05, 4.69) is 11.9 Å².